The summed E-state index contributed by atoms with van der Waals surface area (Å²) in [6.45, 7) is 0. The molecule has 0 spiro atoms. The molecule has 0 atom stereocenters. The van der Waals surface area contributed by atoms with E-state index in [4.69, 9.17) is 0 Å². The van der Waals surface area contributed by atoms with Crippen molar-refractivity contribution in [2.24, 2.45) is 0 Å². The number of nitrogens with one attached hydrogen (secondary N) is 1. The predicted molar refractivity (Wildman–Crippen MR) is 57.5 cm³/mol. The molecule has 1 aliphatic rings. The van der Waals surface area contributed by atoms with Gasteiger partial charge in [-0.25, -0.2) is 13.8 Å². The number of aromatic amines is 1. The Balaban J connectivity index is 1.85. The molecule has 1 N–H and O–H groups in total. The lowest BCUT2D eigenvalue weighted by Gasteiger charge is -2.01. The summed E-state index contributed by atoms with van der Waals surface area (Å²) in [5, 5.41) is 6.79. The average Bonchev–Trinajstić information content (AvgIpc) is 3.05. The Morgan fingerprint density at radius 3 is 2.59 bits per heavy atom. The predicted octanol–water partition coefficient (Wildman–Crippen LogP) is 2.55. The third kappa shape index (κ3) is 2.05. The highest BCUT2D eigenvalue weighted by atomic mass is 19.1. The topological polar surface area (TPSA) is 41.6 Å². The van der Waals surface area contributed by atoms with Gasteiger partial charge in [-0.2, -0.15) is 5.10 Å². The molecule has 1 aliphatic carbocycles. The summed E-state index contributed by atoms with van der Waals surface area (Å²) in [6.07, 6.45) is 2.31. The van der Waals surface area contributed by atoms with Crippen LogP contribution in [0.1, 0.15) is 36.0 Å². The van der Waals surface area contributed by atoms with Crippen LogP contribution in [0.2, 0.25) is 0 Å². The molecule has 0 saturated heterocycles. The first kappa shape index (κ1) is 10.4. The van der Waals surface area contributed by atoms with Crippen LogP contribution in [-0.4, -0.2) is 15.2 Å². The Morgan fingerprint density at radius 1 is 1.24 bits per heavy atom. The summed E-state index contributed by atoms with van der Waals surface area (Å²) in [5.41, 5.74) is 0.0333. The highest BCUT2D eigenvalue weighted by Gasteiger charge is 2.27. The molecular formula is C12H11F2N3. The molecule has 3 rings (SSSR count). The lowest BCUT2D eigenvalue weighted by atomic mass is 10.1. The number of nitrogens with zero attached hydrogens (tertiary/aromatic N) is 2. The first-order chi connectivity index (χ1) is 8.24. The van der Waals surface area contributed by atoms with E-state index in [2.05, 4.69) is 15.2 Å². The van der Waals surface area contributed by atoms with Crippen LogP contribution in [0, 0.1) is 11.6 Å². The molecular weight excluding hydrogens is 224 g/mol. The molecule has 3 nitrogen and oxygen atoms in total. The minimum Gasteiger partial charge on any atom is -0.263 e. The molecule has 0 unspecified atom stereocenters. The fraction of sp³-hybridized carbons (Fsp3) is 0.333. The molecule has 0 aliphatic heterocycles. The van der Waals surface area contributed by atoms with Gasteiger partial charge in [0.15, 0.2) is 5.82 Å². The maximum atomic E-state index is 13.4. The van der Waals surface area contributed by atoms with Crippen molar-refractivity contribution in [1.82, 2.24) is 15.2 Å². The molecule has 88 valence electrons. The summed E-state index contributed by atoms with van der Waals surface area (Å²) >= 11 is 0. The van der Waals surface area contributed by atoms with Crippen LogP contribution in [0.3, 0.4) is 0 Å². The van der Waals surface area contributed by atoms with E-state index in [0.29, 0.717) is 11.7 Å². The number of halogens is 2. The zero-order chi connectivity index (χ0) is 11.8. The van der Waals surface area contributed by atoms with Gasteiger partial charge in [-0.1, -0.05) is 6.07 Å². The van der Waals surface area contributed by atoms with Crippen molar-refractivity contribution < 1.29 is 8.78 Å². The lowest BCUT2D eigenvalue weighted by molar-refractivity contribution is 0.559. The molecule has 1 fully saturated rings. The van der Waals surface area contributed by atoms with Crippen LogP contribution in [0.5, 0.6) is 0 Å². The molecule has 0 amide bonds. The molecule has 17 heavy (non-hydrogen) atoms. The van der Waals surface area contributed by atoms with E-state index in [1.165, 1.54) is 18.2 Å². The van der Waals surface area contributed by atoms with Crippen molar-refractivity contribution in [3.63, 3.8) is 0 Å². The second-order valence-electron chi connectivity index (χ2n) is 4.29. The van der Waals surface area contributed by atoms with Crippen molar-refractivity contribution in [2.75, 3.05) is 0 Å². The first-order valence-electron chi connectivity index (χ1n) is 5.58. The van der Waals surface area contributed by atoms with Crippen LogP contribution >= 0.6 is 0 Å². The van der Waals surface area contributed by atoms with Crippen molar-refractivity contribution in [3.05, 3.63) is 47.0 Å². The third-order valence-corrected chi connectivity index (χ3v) is 2.90. The number of benzene rings is 1. The van der Waals surface area contributed by atoms with E-state index in [1.54, 1.807) is 0 Å². The molecule has 2 aromatic rings. The number of aromatic nitrogens is 3. The molecule has 0 bridgehead atoms. The van der Waals surface area contributed by atoms with Crippen LogP contribution in [0.15, 0.2) is 18.2 Å². The van der Waals surface area contributed by atoms with Crippen LogP contribution in [-0.2, 0) is 6.42 Å². The minimum absolute atomic E-state index is 0.0333. The van der Waals surface area contributed by atoms with E-state index < -0.39 is 11.6 Å². The fourth-order valence-electron chi connectivity index (χ4n) is 1.78. The summed E-state index contributed by atoms with van der Waals surface area (Å²) < 4.78 is 26.8. The van der Waals surface area contributed by atoms with Crippen molar-refractivity contribution in [3.8, 4) is 0 Å². The van der Waals surface area contributed by atoms with Gasteiger partial charge >= 0.3 is 0 Å². The Labute approximate surface area is 96.9 Å². The van der Waals surface area contributed by atoms with Gasteiger partial charge in [-0.3, -0.25) is 5.10 Å². The summed E-state index contributed by atoms with van der Waals surface area (Å²) in [6, 6.07) is 3.84. The van der Waals surface area contributed by atoms with Gasteiger partial charge in [-0.15, -0.1) is 0 Å². The highest BCUT2D eigenvalue weighted by molar-refractivity contribution is 5.23. The zero-order valence-corrected chi connectivity index (χ0v) is 9.08. The molecule has 1 aromatic carbocycles. The maximum absolute atomic E-state index is 13.4. The van der Waals surface area contributed by atoms with E-state index in [1.807, 2.05) is 0 Å². The first-order valence-corrected chi connectivity index (χ1v) is 5.58. The molecule has 1 aromatic heterocycles. The molecule has 1 heterocycles. The number of hydrogen-bond acceptors (Lipinski definition) is 2. The van der Waals surface area contributed by atoms with Crippen molar-refractivity contribution in [1.29, 1.82) is 0 Å². The van der Waals surface area contributed by atoms with Gasteiger partial charge in [0.05, 0.1) is 0 Å². The van der Waals surface area contributed by atoms with Crippen LogP contribution in [0.25, 0.3) is 0 Å². The van der Waals surface area contributed by atoms with E-state index in [0.717, 1.165) is 18.7 Å². The lowest BCUT2D eigenvalue weighted by Crippen LogP contribution is -1.98. The largest absolute Gasteiger partial charge is 0.263 e. The summed E-state index contributed by atoms with van der Waals surface area (Å²) in [7, 11) is 0. The van der Waals surface area contributed by atoms with E-state index in [-0.39, 0.29) is 12.0 Å². The van der Waals surface area contributed by atoms with Gasteiger partial charge in [-0.05, 0) is 25.0 Å². The second kappa shape index (κ2) is 3.91. The smallest absolute Gasteiger partial charge is 0.153 e. The normalized spacial score (nSPS) is 15.2. The monoisotopic (exact) mass is 235 g/mol. The Bertz CT molecular complexity index is 526. The van der Waals surface area contributed by atoms with Crippen molar-refractivity contribution in [2.45, 2.75) is 25.2 Å². The highest BCUT2D eigenvalue weighted by Crippen LogP contribution is 2.37. The SMILES string of the molecule is Fc1cccc(F)c1Cc1nc(C2CC2)n[nH]1. The van der Waals surface area contributed by atoms with E-state index in [9.17, 15) is 8.78 Å². The zero-order valence-electron chi connectivity index (χ0n) is 9.08. The van der Waals surface area contributed by atoms with Crippen LogP contribution < -0.4 is 0 Å². The maximum Gasteiger partial charge on any atom is 0.153 e. The molecule has 1 saturated carbocycles. The summed E-state index contributed by atoms with van der Waals surface area (Å²) in [5.74, 6) is 0.613. The molecule has 5 heteroatoms. The minimum atomic E-state index is -0.547. The Morgan fingerprint density at radius 2 is 1.94 bits per heavy atom. The van der Waals surface area contributed by atoms with Gasteiger partial charge in [0.2, 0.25) is 0 Å². The third-order valence-electron chi connectivity index (χ3n) is 2.90. The second-order valence-corrected chi connectivity index (χ2v) is 4.29. The quantitative estimate of drug-likeness (QED) is 0.888. The van der Waals surface area contributed by atoms with Gasteiger partial charge in [0, 0.05) is 17.9 Å². The van der Waals surface area contributed by atoms with Crippen molar-refractivity contribution >= 4 is 0 Å². The number of H-pyrrole nitrogens is 1. The fourth-order valence-corrected chi connectivity index (χ4v) is 1.78. The molecule has 0 radical (unpaired) electrons. The summed E-state index contributed by atoms with van der Waals surface area (Å²) in [4.78, 5) is 4.25. The van der Waals surface area contributed by atoms with E-state index >= 15 is 0 Å². The van der Waals surface area contributed by atoms with Gasteiger partial charge in [0.1, 0.15) is 17.5 Å². The average molecular weight is 235 g/mol. The Hall–Kier alpha value is -1.78. The van der Waals surface area contributed by atoms with Crippen LogP contribution in [0.4, 0.5) is 8.78 Å². The standard InChI is InChI=1S/C12H11F2N3/c13-9-2-1-3-10(14)8(9)6-11-15-12(17-16-11)7-4-5-7/h1-3,7H,4-6H2,(H,15,16,17). The number of hydrogen-bond donors (Lipinski definition) is 1. The Kier molecular flexibility index (Phi) is 2.39. The number of rotatable bonds is 3. The van der Waals surface area contributed by atoms with Gasteiger partial charge < -0.3 is 0 Å². The van der Waals surface area contributed by atoms with Gasteiger partial charge in [0.25, 0.3) is 0 Å².